The summed E-state index contributed by atoms with van der Waals surface area (Å²) in [6, 6.07) is 0. The molecule has 24 heavy (non-hydrogen) atoms. The highest BCUT2D eigenvalue weighted by Gasteiger charge is 2.31. The first-order chi connectivity index (χ1) is 11.4. The average Bonchev–Trinajstić information content (AvgIpc) is 3.07. The zero-order chi connectivity index (χ0) is 17.4. The Bertz CT molecular complexity index is 801. The van der Waals surface area contributed by atoms with Gasteiger partial charge in [0.1, 0.15) is 11.5 Å². The Kier molecular flexibility index (Phi) is 4.30. The second-order valence-corrected chi connectivity index (χ2v) is 6.34. The Morgan fingerprint density at radius 3 is 2.79 bits per heavy atom. The van der Waals surface area contributed by atoms with Crippen molar-refractivity contribution in [3.63, 3.8) is 0 Å². The third-order valence-electron chi connectivity index (χ3n) is 4.72. The molecule has 0 saturated heterocycles. The van der Waals surface area contributed by atoms with Gasteiger partial charge < -0.3 is 9.32 Å². The quantitative estimate of drug-likeness (QED) is 0.865. The number of amides is 1. The molecule has 6 heteroatoms. The van der Waals surface area contributed by atoms with Crippen molar-refractivity contribution < 1.29 is 14.0 Å². The standard InChI is InChI=1S/C18H23N3O3/c1-5-21-11(2)13(9-19-21)10-20(4)18(23)16-12(3)24-15-8-6-7-14(22)17(15)16/h9H,5-8,10H2,1-4H3. The predicted octanol–water partition coefficient (Wildman–Crippen LogP) is 2.90. The van der Waals surface area contributed by atoms with Crippen molar-refractivity contribution >= 4 is 11.7 Å². The number of Topliss-reactive ketones (excluding diaryl/α,β-unsaturated/α-hetero) is 1. The number of carbonyl (C=O) groups excluding carboxylic acids is 2. The number of rotatable bonds is 4. The summed E-state index contributed by atoms with van der Waals surface area (Å²) >= 11 is 0. The van der Waals surface area contributed by atoms with Gasteiger partial charge in [-0.25, -0.2) is 0 Å². The Labute approximate surface area is 141 Å². The first-order valence-electron chi connectivity index (χ1n) is 8.36. The number of nitrogens with zero attached hydrogens (tertiary/aromatic N) is 3. The van der Waals surface area contributed by atoms with Gasteiger partial charge in [-0.15, -0.1) is 0 Å². The summed E-state index contributed by atoms with van der Waals surface area (Å²) in [5, 5.41) is 4.32. The van der Waals surface area contributed by atoms with Crippen LogP contribution in [0.4, 0.5) is 0 Å². The molecule has 3 rings (SSSR count). The van der Waals surface area contributed by atoms with Crippen molar-refractivity contribution in [2.45, 2.75) is 53.1 Å². The molecule has 128 valence electrons. The lowest BCUT2D eigenvalue weighted by Gasteiger charge is -2.18. The number of aryl methyl sites for hydroxylation is 3. The highest BCUT2D eigenvalue weighted by Crippen LogP contribution is 2.30. The third kappa shape index (κ3) is 2.66. The van der Waals surface area contributed by atoms with Crippen LogP contribution in [-0.2, 0) is 19.5 Å². The second kappa shape index (κ2) is 6.26. The highest BCUT2D eigenvalue weighted by atomic mass is 16.3. The molecule has 0 N–H and O–H groups in total. The molecule has 2 aromatic heterocycles. The molecule has 0 radical (unpaired) electrons. The van der Waals surface area contributed by atoms with Crippen LogP contribution in [-0.4, -0.2) is 33.4 Å². The van der Waals surface area contributed by atoms with Crippen LogP contribution in [0.5, 0.6) is 0 Å². The van der Waals surface area contributed by atoms with Crippen molar-refractivity contribution in [3.8, 4) is 0 Å². The first kappa shape index (κ1) is 16.5. The molecule has 0 fully saturated rings. The van der Waals surface area contributed by atoms with Gasteiger partial charge in [0, 0.05) is 44.2 Å². The van der Waals surface area contributed by atoms with Crippen molar-refractivity contribution in [2.24, 2.45) is 0 Å². The molecule has 2 aromatic rings. The highest BCUT2D eigenvalue weighted by molar-refractivity contribution is 6.09. The topological polar surface area (TPSA) is 68.3 Å². The van der Waals surface area contributed by atoms with E-state index in [9.17, 15) is 9.59 Å². The van der Waals surface area contributed by atoms with Crippen LogP contribution in [0.2, 0.25) is 0 Å². The monoisotopic (exact) mass is 329 g/mol. The molecular weight excluding hydrogens is 306 g/mol. The molecule has 0 aromatic carbocycles. The molecule has 6 nitrogen and oxygen atoms in total. The van der Waals surface area contributed by atoms with Crippen LogP contribution in [0.25, 0.3) is 0 Å². The maximum absolute atomic E-state index is 12.9. The summed E-state index contributed by atoms with van der Waals surface area (Å²) in [6.07, 6.45) is 3.79. The molecule has 0 spiro atoms. The van der Waals surface area contributed by atoms with Crippen LogP contribution in [0.3, 0.4) is 0 Å². The van der Waals surface area contributed by atoms with E-state index in [-0.39, 0.29) is 11.7 Å². The minimum atomic E-state index is -0.170. The lowest BCUT2D eigenvalue weighted by atomic mass is 9.93. The van der Waals surface area contributed by atoms with Gasteiger partial charge >= 0.3 is 0 Å². The molecule has 0 bridgehead atoms. The maximum Gasteiger partial charge on any atom is 0.258 e. The number of aromatic nitrogens is 2. The largest absolute Gasteiger partial charge is 0.465 e. The maximum atomic E-state index is 12.9. The van der Waals surface area contributed by atoms with Crippen LogP contribution in [0.1, 0.15) is 63.3 Å². The molecule has 2 heterocycles. The lowest BCUT2D eigenvalue weighted by molar-refractivity contribution is 0.0777. The van der Waals surface area contributed by atoms with Gasteiger partial charge in [-0.2, -0.15) is 5.10 Å². The van der Waals surface area contributed by atoms with E-state index in [4.69, 9.17) is 4.42 Å². The van der Waals surface area contributed by atoms with Gasteiger partial charge in [0.25, 0.3) is 5.91 Å². The summed E-state index contributed by atoms with van der Waals surface area (Å²) in [5.41, 5.74) is 2.99. The number of hydrogen-bond donors (Lipinski definition) is 0. The third-order valence-corrected chi connectivity index (χ3v) is 4.72. The van der Waals surface area contributed by atoms with Gasteiger partial charge in [0.2, 0.25) is 0 Å². The molecule has 0 aliphatic heterocycles. The fourth-order valence-corrected chi connectivity index (χ4v) is 3.34. The van der Waals surface area contributed by atoms with Crippen molar-refractivity contribution in [2.75, 3.05) is 7.05 Å². The van der Waals surface area contributed by atoms with Crippen LogP contribution >= 0.6 is 0 Å². The normalized spacial score (nSPS) is 13.9. The zero-order valence-corrected chi connectivity index (χ0v) is 14.7. The second-order valence-electron chi connectivity index (χ2n) is 6.34. The van der Waals surface area contributed by atoms with Crippen molar-refractivity contribution in [1.82, 2.24) is 14.7 Å². The molecular formula is C18H23N3O3. The minimum absolute atomic E-state index is 0.0137. The van der Waals surface area contributed by atoms with Crippen LogP contribution < -0.4 is 0 Å². The van der Waals surface area contributed by atoms with E-state index in [1.165, 1.54) is 0 Å². The number of hydrogen-bond acceptors (Lipinski definition) is 4. The van der Waals surface area contributed by atoms with Crippen molar-refractivity contribution in [1.29, 1.82) is 0 Å². The smallest absolute Gasteiger partial charge is 0.258 e. The molecule has 1 amide bonds. The van der Waals surface area contributed by atoms with E-state index in [1.807, 2.05) is 18.5 Å². The van der Waals surface area contributed by atoms with Gasteiger partial charge in [0.15, 0.2) is 5.78 Å². The Hall–Kier alpha value is -2.37. The van der Waals surface area contributed by atoms with E-state index >= 15 is 0 Å². The van der Waals surface area contributed by atoms with E-state index in [0.29, 0.717) is 35.6 Å². The fraction of sp³-hybridized carbons (Fsp3) is 0.500. The van der Waals surface area contributed by atoms with E-state index < -0.39 is 0 Å². The van der Waals surface area contributed by atoms with E-state index in [2.05, 4.69) is 5.10 Å². The summed E-state index contributed by atoms with van der Waals surface area (Å²) in [7, 11) is 1.75. The van der Waals surface area contributed by atoms with Gasteiger partial charge in [-0.1, -0.05) is 0 Å². The van der Waals surface area contributed by atoms with Crippen LogP contribution in [0, 0.1) is 13.8 Å². The first-order valence-corrected chi connectivity index (χ1v) is 8.36. The summed E-state index contributed by atoms with van der Waals surface area (Å²) < 4.78 is 7.59. The summed E-state index contributed by atoms with van der Waals surface area (Å²) in [6.45, 7) is 7.04. The Morgan fingerprint density at radius 2 is 2.12 bits per heavy atom. The molecule has 1 aliphatic carbocycles. The molecule has 0 atom stereocenters. The average molecular weight is 329 g/mol. The van der Waals surface area contributed by atoms with Crippen molar-refractivity contribution in [3.05, 3.63) is 40.1 Å². The molecule has 1 aliphatic rings. The predicted molar refractivity (Wildman–Crippen MR) is 89.1 cm³/mol. The fourth-order valence-electron chi connectivity index (χ4n) is 3.34. The van der Waals surface area contributed by atoms with Crippen LogP contribution in [0.15, 0.2) is 10.6 Å². The van der Waals surface area contributed by atoms with Gasteiger partial charge in [-0.3, -0.25) is 14.3 Å². The van der Waals surface area contributed by atoms with Gasteiger partial charge in [-0.05, 0) is 27.2 Å². The van der Waals surface area contributed by atoms with E-state index in [0.717, 1.165) is 30.6 Å². The number of fused-ring (bicyclic) bond motifs is 1. The Morgan fingerprint density at radius 1 is 1.38 bits per heavy atom. The summed E-state index contributed by atoms with van der Waals surface area (Å²) in [5.74, 6) is 1.04. The number of ketones is 1. The SMILES string of the molecule is CCn1ncc(CN(C)C(=O)c2c(C)oc3c2C(=O)CCC3)c1C. The number of furan rings is 1. The van der Waals surface area contributed by atoms with E-state index in [1.54, 1.807) is 25.1 Å². The molecule has 0 unspecified atom stereocenters. The van der Waals surface area contributed by atoms with Gasteiger partial charge in [0.05, 0.1) is 17.3 Å². The Balaban J connectivity index is 1.88. The lowest BCUT2D eigenvalue weighted by Crippen LogP contribution is -2.28. The summed E-state index contributed by atoms with van der Waals surface area (Å²) in [4.78, 5) is 26.8. The number of carbonyl (C=O) groups is 2. The zero-order valence-electron chi connectivity index (χ0n) is 14.7. The molecule has 0 saturated carbocycles. The minimum Gasteiger partial charge on any atom is -0.465 e.